The fourth-order valence-electron chi connectivity index (χ4n) is 4.30. The second kappa shape index (κ2) is 8.97. The minimum Gasteiger partial charge on any atom is -0.493 e. The highest BCUT2D eigenvalue weighted by Gasteiger charge is 2.26. The summed E-state index contributed by atoms with van der Waals surface area (Å²) in [6.07, 6.45) is 2.00. The van der Waals surface area contributed by atoms with Gasteiger partial charge >= 0.3 is 0 Å². The third-order valence-corrected chi connectivity index (χ3v) is 5.51. The van der Waals surface area contributed by atoms with Crippen LogP contribution in [0.5, 0.6) is 11.5 Å². The molecule has 152 valence electrons. The van der Waals surface area contributed by atoms with Crippen molar-refractivity contribution in [3.8, 4) is 11.5 Å². The molecular weight excluding hydrogens is 348 g/mol. The zero-order valence-corrected chi connectivity index (χ0v) is 18.2. The summed E-state index contributed by atoms with van der Waals surface area (Å²) in [7, 11) is 5.89. The van der Waals surface area contributed by atoms with Gasteiger partial charge in [-0.15, -0.1) is 0 Å². The summed E-state index contributed by atoms with van der Waals surface area (Å²) in [6.45, 7) is 9.27. The molecule has 2 aromatic carbocycles. The minimum absolute atomic E-state index is 0.194. The SMILES string of the molecule is COc1cc2c(cc1OCCCN(C)C)C(c1c(C)cc(C)cc1C)NCC2. The van der Waals surface area contributed by atoms with Gasteiger partial charge in [0.15, 0.2) is 11.5 Å². The maximum atomic E-state index is 6.13. The summed E-state index contributed by atoms with van der Waals surface area (Å²) in [6, 6.07) is 9.11. The monoisotopic (exact) mass is 382 g/mol. The van der Waals surface area contributed by atoms with E-state index in [0.29, 0.717) is 6.61 Å². The van der Waals surface area contributed by atoms with E-state index in [-0.39, 0.29) is 6.04 Å². The van der Waals surface area contributed by atoms with Crippen molar-refractivity contribution in [3.05, 3.63) is 57.6 Å². The molecule has 0 amide bonds. The molecule has 2 aromatic rings. The van der Waals surface area contributed by atoms with Crippen LogP contribution in [0.4, 0.5) is 0 Å². The van der Waals surface area contributed by atoms with Gasteiger partial charge in [0.1, 0.15) is 0 Å². The zero-order chi connectivity index (χ0) is 20.3. The first kappa shape index (κ1) is 20.7. The molecule has 4 nitrogen and oxygen atoms in total. The molecule has 0 spiro atoms. The van der Waals surface area contributed by atoms with Gasteiger partial charge in [-0.05, 0) is 87.7 Å². The molecule has 1 aliphatic rings. The smallest absolute Gasteiger partial charge is 0.161 e. The Labute approximate surface area is 169 Å². The molecule has 0 aromatic heterocycles. The number of hydrogen-bond acceptors (Lipinski definition) is 4. The quantitative estimate of drug-likeness (QED) is 0.728. The van der Waals surface area contributed by atoms with Crippen LogP contribution in [0.1, 0.15) is 45.8 Å². The highest BCUT2D eigenvalue weighted by atomic mass is 16.5. The average Bonchev–Trinajstić information content (AvgIpc) is 2.63. The predicted molar refractivity (Wildman–Crippen MR) is 116 cm³/mol. The van der Waals surface area contributed by atoms with E-state index in [1.54, 1.807) is 7.11 Å². The molecule has 0 saturated heterocycles. The Hall–Kier alpha value is -2.04. The predicted octanol–water partition coefficient (Wildman–Crippen LogP) is 4.19. The summed E-state index contributed by atoms with van der Waals surface area (Å²) < 4.78 is 11.8. The Morgan fingerprint density at radius 1 is 1.04 bits per heavy atom. The summed E-state index contributed by atoms with van der Waals surface area (Å²) >= 11 is 0. The van der Waals surface area contributed by atoms with Crippen LogP contribution in [-0.4, -0.2) is 45.8 Å². The lowest BCUT2D eigenvalue weighted by Gasteiger charge is -2.31. The molecule has 4 heteroatoms. The molecule has 0 bridgehead atoms. The van der Waals surface area contributed by atoms with E-state index in [2.05, 4.69) is 69.3 Å². The van der Waals surface area contributed by atoms with Crippen LogP contribution in [0.25, 0.3) is 0 Å². The van der Waals surface area contributed by atoms with Crippen molar-refractivity contribution in [2.24, 2.45) is 0 Å². The van der Waals surface area contributed by atoms with Crippen LogP contribution >= 0.6 is 0 Å². The van der Waals surface area contributed by atoms with Gasteiger partial charge in [-0.25, -0.2) is 0 Å². The summed E-state index contributed by atoms with van der Waals surface area (Å²) in [4.78, 5) is 2.18. The van der Waals surface area contributed by atoms with Gasteiger partial charge in [-0.2, -0.15) is 0 Å². The van der Waals surface area contributed by atoms with Crippen LogP contribution in [0.15, 0.2) is 24.3 Å². The number of aryl methyl sites for hydroxylation is 3. The second-order valence-electron chi connectivity index (χ2n) is 8.16. The van der Waals surface area contributed by atoms with E-state index < -0.39 is 0 Å². The Morgan fingerprint density at radius 2 is 1.75 bits per heavy atom. The molecule has 1 heterocycles. The third-order valence-electron chi connectivity index (χ3n) is 5.51. The van der Waals surface area contributed by atoms with Crippen LogP contribution in [0, 0.1) is 20.8 Å². The largest absolute Gasteiger partial charge is 0.493 e. The lowest BCUT2D eigenvalue weighted by Crippen LogP contribution is -2.31. The average molecular weight is 383 g/mol. The van der Waals surface area contributed by atoms with Crippen LogP contribution in [0.3, 0.4) is 0 Å². The highest BCUT2D eigenvalue weighted by molar-refractivity contribution is 5.53. The normalized spacial score (nSPS) is 16.2. The van der Waals surface area contributed by atoms with Gasteiger partial charge in [-0.1, -0.05) is 17.7 Å². The first-order valence-electron chi connectivity index (χ1n) is 10.2. The number of ether oxygens (including phenoxy) is 2. The van der Waals surface area contributed by atoms with Crippen molar-refractivity contribution in [3.63, 3.8) is 0 Å². The van der Waals surface area contributed by atoms with E-state index in [1.165, 1.54) is 33.4 Å². The van der Waals surface area contributed by atoms with E-state index >= 15 is 0 Å². The fraction of sp³-hybridized carbons (Fsp3) is 0.500. The molecule has 1 atom stereocenters. The zero-order valence-electron chi connectivity index (χ0n) is 18.2. The van der Waals surface area contributed by atoms with E-state index in [1.807, 2.05) is 0 Å². The molecule has 1 N–H and O–H groups in total. The maximum Gasteiger partial charge on any atom is 0.161 e. The molecular formula is C24H34N2O2. The Bertz CT molecular complexity index is 807. The Morgan fingerprint density at radius 3 is 2.39 bits per heavy atom. The number of methoxy groups -OCH3 is 1. The maximum absolute atomic E-state index is 6.13. The molecule has 1 unspecified atom stereocenters. The molecule has 28 heavy (non-hydrogen) atoms. The van der Waals surface area contributed by atoms with Crippen molar-refractivity contribution < 1.29 is 9.47 Å². The third kappa shape index (κ3) is 4.50. The van der Waals surface area contributed by atoms with Gasteiger partial charge in [-0.3, -0.25) is 0 Å². The van der Waals surface area contributed by atoms with E-state index in [4.69, 9.17) is 9.47 Å². The molecule has 3 rings (SSSR count). The lowest BCUT2D eigenvalue weighted by molar-refractivity contribution is 0.267. The van der Waals surface area contributed by atoms with Crippen molar-refractivity contribution in [2.45, 2.75) is 39.7 Å². The van der Waals surface area contributed by atoms with Crippen LogP contribution in [-0.2, 0) is 6.42 Å². The van der Waals surface area contributed by atoms with E-state index in [0.717, 1.165) is 37.4 Å². The second-order valence-corrected chi connectivity index (χ2v) is 8.16. The Kier molecular flexibility index (Phi) is 6.63. The summed E-state index contributed by atoms with van der Waals surface area (Å²) in [5, 5.41) is 3.74. The number of nitrogens with zero attached hydrogens (tertiary/aromatic N) is 1. The Balaban J connectivity index is 1.95. The van der Waals surface area contributed by atoms with Gasteiger partial charge in [0.25, 0.3) is 0 Å². The van der Waals surface area contributed by atoms with Crippen LogP contribution in [0.2, 0.25) is 0 Å². The molecule has 0 saturated carbocycles. The molecule has 0 aliphatic carbocycles. The van der Waals surface area contributed by atoms with Gasteiger partial charge in [0.2, 0.25) is 0 Å². The lowest BCUT2D eigenvalue weighted by atomic mass is 9.85. The van der Waals surface area contributed by atoms with Crippen LogP contribution < -0.4 is 14.8 Å². The number of benzene rings is 2. The highest BCUT2D eigenvalue weighted by Crippen LogP contribution is 2.39. The van der Waals surface area contributed by atoms with Crippen molar-refractivity contribution in [1.29, 1.82) is 0 Å². The van der Waals surface area contributed by atoms with Gasteiger partial charge in [0.05, 0.1) is 19.8 Å². The van der Waals surface area contributed by atoms with Gasteiger partial charge in [0, 0.05) is 13.1 Å². The van der Waals surface area contributed by atoms with Crippen molar-refractivity contribution in [1.82, 2.24) is 10.2 Å². The van der Waals surface area contributed by atoms with Crippen molar-refractivity contribution in [2.75, 3.05) is 40.9 Å². The van der Waals surface area contributed by atoms with E-state index in [9.17, 15) is 0 Å². The summed E-state index contributed by atoms with van der Waals surface area (Å²) in [5.74, 6) is 1.68. The van der Waals surface area contributed by atoms with Gasteiger partial charge < -0.3 is 19.7 Å². The number of rotatable bonds is 7. The molecule has 0 fully saturated rings. The number of nitrogens with one attached hydrogen (secondary N) is 1. The topological polar surface area (TPSA) is 33.7 Å². The molecule has 1 aliphatic heterocycles. The first-order valence-corrected chi connectivity index (χ1v) is 10.2. The number of hydrogen-bond donors (Lipinski definition) is 1. The minimum atomic E-state index is 0.194. The first-order chi connectivity index (χ1) is 13.4. The van der Waals surface area contributed by atoms with Crippen molar-refractivity contribution >= 4 is 0 Å². The fourth-order valence-corrected chi connectivity index (χ4v) is 4.30. The number of fused-ring (bicyclic) bond motifs is 1. The standard InChI is InChI=1S/C24H34N2O2/c1-16-12-17(2)23(18(3)13-16)24-20-15-22(28-11-7-10-26(4)5)21(27-6)14-19(20)8-9-25-24/h12-15,24-25H,7-11H2,1-6H3. The molecule has 0 radical (unpaired) electrons. The summed E-state index contributed by atoms with van der Waals surface area (Å²) in [5.41, 5.74) is 8.04.